The summed E-state index contributed by atoms with van der Waals surface area (Å²) in [5.41, 5.74) is 9.82. The van der Waals surface area contributed by atoms with Crippen molar-refractivity contribution in [2.75, 3.05) is 0 Å². The fourth-order valence-corrected chi connectivity index (χ4v) is 4.47. The van der Waals surface area contributed by atoms with Crippen molar-refractivity contribution >= 4 is 16.1 Å². The van der Waals surface area contributed by atoms with Crippen LogP contribution in [0.15, 0.2) is 91.5 Å². The highest BCUT2D eigenvalue weighted by Gasteiger charge is 2.26. The van der Waals surface area contributed by atoms with Crippen LogP contribution in [0.1, 0.15) is 34.3 Å². The van der Waals surface area contributed by atoms with Gasteiger partial charge in [-0.3, -0.25) is 0 Å². The molecule has 0 aliphatic heterocycles. The molecule has 3 aromatic rings. The van der Waals surface area contributed by atoms with E-state index in [9.17, 15) is 8.42 Å². The molecule has 0 amide bonds. The number of hydrogen-bond acceptors (Lipinski definition) is 3. The van der Waals surface area contributed by atoms with Crippen LogP contribution in [0.5, 0.6) is 0 Å². The van der Waals surface area contributed by atoms with E-state index in [1.807, 2.05) is 72.8 Å². The van der Waals surface area contributed by atoms with E-state index in [4.69, 9.17) is 5.73 Å². The van der Waals surface area contributed by atoms with Gasteiger partial charge in [0.15, 0.2) is 0 Å². The van der Waals surface area contributed by atoms with Gasteiger partial charge in [0.2, 0.25) is 10.0 Å². The van der Waals surface area contributed by atoms with Gasteiger partial charge in [0.25, 0.3) is 0 Å². The maximum atomic E-state index is 12.9. The average Bonchev–Trinajstić information content (AvgIpc) is 2.73. The van der Waals surface area contributed by atoms with Crippen molar-refractivity contribution in [3.8, 4) is 0 Å². The minimum Gasteiger partial charge on any atom is -0.322 e. The lowest BCUT2D eigenvalue weighted by atomic mass is 9.95. The van der Waals surface area contributed by atoms with Gasteiger partial charge >= 0.3 is 0 Å². The zero-order valence-corrected chi connectivity index (χ0v) is 16.3. The van der Waals surface area contributed by atoms with Gasteiger partial charge in [0.1, 0.15) is 0 Å². The minimum atomic E-state index is -3.61. The Bertz CT molecular complexity index is 1000. The Morgan fingerprint density at radius 1 is 0.857 bits per heavy atom. The summed E-state index contributed by atoms with van der Waals surface area (Å²) in [4.78, 5) is 0. The molecular weight excluding hydrogens is 368 g/mol. The first kappa shape index (κ1) is 20.0. The van der Waals surface area contributed by atoms with E-state index >= 15 is 0 Å². The Kier molecular flexibility index (Phi) is 6.41. The fraction of sp³-hybridized carbons (Fsp3) is 0.130. The normalized spacial score (nSPS) is 13.6. The monoisotopic (exact) mass is 392 g/mol. The van der Waals surface area contributed by atoms with Crippen molar-refractivity contribution < 1.29 is 8.42 Å². The van der Waals surface area contributed by atoms with Crippen molar-refractivity contribution in [1.82, 2.24) is 4.72 Å². The van der Waals surface area contributed by atoms with Gasteiger partial charge in [-0.2, -0.15) is 0 Å². The summed E-state index contributed by atoms with van der Waals surface area (Å²) in [6, 6.07) is 25.1. The van der Waals surface area contributed by atoms with Crippen LogP contribution in [0.3, 0.4) is 0 Å². The van der Waals surface area contributed by atoms with E-state index in [0.29, 0.717) is 5.56 Å². The van der Waals surface area contributed by atoms with Crippen molar-refractivity contribution in [1.29, 1.82) is 0 Å². The summed E-state index contributed by atoms with van der Waals surface area (Å²) in [6.07, 6.45) is 1.72. The summed E-state index contributed by atoms with van der Waals surface area (Å²) in [5.74, 6) is -0.116. The first-order valence-electron chi connectivity index (χ1n) is 9.05. The molecule has 0 radical (unpaired) electrons. The first-order valence-corrected chi connectivity index (χ1v) is 10.7. The zero-order chi connectivity index (χ0) is 20.0. The minimum absolute atomic E-state index is 0.116. The molecule has 0 fully saturated rings. The molecule has 0 aliphatic rings. The molecule has 2 atom stereocenters. The molecular formula is C23H24N2O2S. The molecule has 4 nitrogen and oxygen atoms in total. The molecule has 2 unspecified atom stereocenters. The highest BCUT2D eigenvalue weighted by molar-refractivity contribution is 7.88. The second-order valence-electron chi connectivity index (χ2n) is 6.65. The molecule has 0 spiro atoms. The molecule has 3 rings (SSSR count). The molecule has 28 heavy (non-hydrogen) atoms. The van der Waals surface area contributed by atoms with Crippen LogP contribution in [0, 0.1) is 0 Å². The molecule has 0 aliphatic carbocycles. The first-order chi connectivity index (χ1) is 13.5. The molecule has 0 saturated carbocycles. The van der Waals surface area contributed by atoms with Crippen molar-refractivity contribution in [3.05, 3.63) is 114 Å². The third-order valence-corrected chi connectivity index (χ3v) is 5.91. The van der Waals surface area contributed by atoms with Gasteiger partial charge in [0, 0.05) is 0 Å². The Balaban J connectivity index is 1.86. The van der Waals surface area contributed by atoms with Crippen LogP contribution in [-0.2, 0) is 15.8 Å². The SMILES string of the molecule is C=Cc1ccc(CS(=O)(=O)NC(c2ccccc2)C(N)c2ccccc2)cc1. The third-order valence-electron chi connectivity index (χ3n) is 4.58. The Morgan fingerprint density at radius 2 is 1.39 bits per heavy atom. The molecule has 144 valence electrons. The summed E-state index contributed by atoms with van der Waals surface area (Å²) < 4.78 is 28.6. The van der Waals surface area contributed by atoms with Crippen molar-refractivity contribution in [3.63, 3.8) is 0 Å². The summed E-state index contributed by atoms with van der Waals surface area (Å²) in [6.45, 7) is 3.71. The molecule has 0 heterocycles. The second kappa shape index (κ2) is 8.97. The summed E-state index contributed by atoms with van der Waals surface area (Å²) in [7, 11) is -3.61. The van der Waals surface area contributed by atoms with Gasteiger partial charge in [-0.15, -0.1) is 0 Å². The fourth-order valence-electron chi connectivity index (χ4n) is 3.08. The lowest BCUT2D eigenvalue weighted by Crippen LogP contribution is -2.36. The zero-order valence-electron chi connectivity index (χ0n) is 15.5. The van der Waals surface area contributed by atoms with Crippen LogP contribution < -0.4 is 10.5 Å². The van der Waals surface area contributed by atoms with Crippen LogP contribution in [0.4, 0.5) is 0 Å². The van der Waals surface area contributed by atoms with Crippen molar-refractivity contribution in [2.24, 2.45) is 5.73 Å². The van der Waals surface area contributed by atoms with E-state index < -0.39 is 22.1 Å². The smallest absolute Gasteiger partial charge is 0.216 e. The summed E-state index contributed by atoms with van der Waals surface area (Å²) >= 11 is 0. The van der Waals surface area contributed by atoms with E-state index in [1.165, 1.54) is 0 Å². The van der Waals surface area contributed by atoms with E-state index in [-0.39, 0.29) is 5.75 Å². The van der Waals surface area contributed by atoms with Crippen LogP contribution >= 0.6 is 0 Å². The lowest BCUT2D eigenvalue weighted by Gasteiger charge is -2.26. The van der Waals surface area contributed by atoms with Gasteiger partial charge in [-0.05, 0) is 22.3 Å². The number of benzene rings is 3. The quantitative estimate of drug-likeness (QED) is 0.604. The highest BCUT2D eigenvalue weighted by atomic mass is 32.2. The molecule has 0 bridgehead atoms. The number of nitrogens with one attached hydrogen (secondary N) is 1. The number of hydrogen-bond donors (Lipinski definition) is 2. The van der Waals surface area contributed by atoms with Crippen LogP contribution in [0.2, 0.25) is 0 Å². The van der Waals surface area contributed by atoms with Crippen LogP contribution in [0.25, 0.3) is 6.08 Å². The Labute approximate surface area is 166 Å². The highest BCUT2D eigenvalue weighted by Crippen LogP contribution is 2.28. The van der Waals surface area contributed by atoms with E-state index in [2.05, 4.69) is 11.3 Å². The average molecular weight is 393 g/mol. The van der Waals surface area contributed by atoms with Crippen molar-refractivity contribution in [2.45, 2.75) is 17.8 Å². The van der Waals surface area contributed by atoms with Gasteiger partial charge in [0.05, 0.1) is 17.8 Å². The van der Waals surface area contributed by atoms with Crippen LogP contribution in [-0.4, -0.2) is 8.42 Å². The standard InChI is InChI=1S/C23H24N2O2S/c1-2-18-13-15-19(16-14-18)17-28(26,27)25-23(21-11-7-4-8-12-21)22(24)20-9-5-3-6-10-20/h2-16,22-23,25H,1,17,24H2. The molecule has 5 heteroatoms. The molecule has 0 aromatic heterocycles. The number of nitrogens with two attached hydrogens (primary N) is 1. The van der Waals surface area contributed by atoms with Gasteiger partial charge in [-0.25, -0.2) is 13.1 Å². The number of rotatable bonds is 8. The number of sulfonamides is 1. The van der Waals surface area contributed by atoms with E-state index in [1.54, 1.807) is 18.2 Å². The Morgan fingerprint density at radius 3 is 1.93 bits per heavy atom. The topological polar surface area (TPSA) is 72.2 Å². The maximum Gasteiger partial charge on any atom is 0.216 e. The maximum absolute atomic E-state index is 12.9. The van der Waals surface area contributed by atoms with Gasteiger partial charge in [-0.1, -0.05) is 97.6 Å². The summed E-state index contributed by atoms with van der Waals surface area (Å²) in [5, 5.41) is 0. The lowest BCUT2D eigenvalue weighted by molar-refractivity contribution is 0.503. The predicted molar refractivity (Wildman–Crippen MR) is 115 cm³/mol. The van der Waals surface area contributed by atoms with Gasteiger partial charge < -0.3 is 5.73 Å². The Hall–Kier alpha value is -2.73. The predicted octanol–water partition coefficient (Wildman–Crippen LogP) is 4.19. The third kappa shape index (κ3) is 5.16. The molecule has 3 N–H and O–H groups in total. The largest absolute Gasteiger partial charge is 0.322 e. The second-order valence-corrected chi connectivity index (χ2v) is 8.40. The molecule has 0 saturated heterocycles. The van der Waals surface area contributed by atoms with E-state index in [0.717, 1.165) is 16.7 Å². The molecule has 3 aromatic carbocycles.